The number of carbonyl (C=O) groups is 2. The van der Waals surface area contributed by atoms with E-state index in [-0.39, 0.29) is 34.3 Å². The van der Waals surface area contributed by atoms with E-state index in [1.54, 1.807) is 37.3 Å². The molecule has 0 aliphatic carbocycles. The lowest BCUT2D eigenvalue weighted by Crippen LogP contribution is -2.32. The Balaban J connectivity index is 0.00000507. The minimum Gasteiger partial charge on any atom is -0.387 e. The van der Waals surface area contributed by atoms with Gasteiger partial charge >= 0.3 is 5.97 Å². The predicted molar refractivity (Wildman–Crippen MR) is 147 cm³/mol. The Morgan fingerprint density at radius 2 is 1.71 bits per heavy atom. The fraction of sp³-hybridized carbons (Fsp3) is 0.259. The van der Waals surface area contributed by atoms with Gasteiger partial charge in [-0.2, -0.15) is 5.06 Å². The molecule has 11 heteroatoms. The quantitative estimate of drug-likeness (QED) is 0.270. The summed E-state index contributed by atoms with van der Waals surface area (Å²) in [5, 5.41) is 14.9. The number of rotatable bonds is 10. The molecule has 0 aliphatic rings. The first-order chi connectivity index (χ1) is 17.6. The SMILES string of the molecule is CCN(OC(C)=O)C(=O)c1cccc(S(=O)(=O)c2ccc(CCNC[C@H](O)c3cccc(Cl)c3)cc2)c1.Cl. The number of sulfone groups is 1. The standard InChI is InChI=1S/C27H29ClN2O6S.ClH/c1-3-30(36-19(2)31)27(33)22-7-5-9-25(17-22)37(34,35)24-12-10-20(11-13-24)14-15-29-18-26(32)21-6-4-8-23(28)16-21;/h4-13,16-17,26,29,32H,3,14-15,18H2,1-2H3;1H/t26-;/m0./s1. The van der Waals surface area contributed by atoms with Gasteiger partial charge in [0.1, 0.15) is 0 Å². The maximum absolute atomic E-state index is 13.2. The van der Waals surface area contributed by atoms with E-state index in [1.807, 2.05) is 6.07 Å². The van der Waals surface area contributed by atoms with E-state index >= 15 is 0 Å². The highest BCUT2D eigenvalue weighted by molar-refractivity contribution is 7.91. The zero-order chi connectivity index (χ0) is 27.0. The van der Waals surface area contributed by atoms with Crippen LogP contribution in [-0.4, -0.2) is 50.1 Å². The predicted octanol–water partition coefficient (Wildman–Crippen LogP) is 4.40. The minimum absolute atomic E-state index is 0. The molecule has 0 bridgehead atoms. The molecule has 0 radical (unpaired) electrons. The molecule has 3 aromatic carbocycles. The van der Waals surface area contributed by atoms with Crippen molar-refractivity contribution in [3.63, 3.8) is 0 Å². The van der Waals surface area contributed by atoms with Gasteiger partial charge in [0.25, 0.3) is 5.91 Å². The lowest BCUT2D eigenvalue weighted by atomic mass is 10.1. The Morgan fingerprint density at radius 1 is 1.03 bits per heavy atom. The fourth-order valence-corrected chi connectivity index (χ4v) is 5.12. The minimum atomic E-state index is -3.88. The van der Waals surface area contributed by atoms with Gasteiger partial charge in [-0.3, -0.25) is 9.59 Å². The third-order valence-electron chi connectivity index (χ3n) is 5.54. The summed E-state index contributed by atoms with van der Waals surface area (Å²) < 4.78 is 26.3. The van der Waals surface area contributed by atoms with Crippen molar-refractivity contribution in [3.8, 4) is 0 Å². The summed E-state index contributed by atoms with van der Waals surface area (Å²) in [6.07, 6.45) is -0.0532. The monoisotopic (exact) mass is 580 g/mol. The zero-order valence-electron chi connectivity index (χ0n) is 21.0. The lowest BCUT2D eigenvalue weighted by molar-refractivity contribution is -0.174. The summed E-state index contributed by atoms with van der Waals surface area (Å²) >= 11 is 5.96. The van der Waals surface area contributed by atoms with Crippen molar-refractivity contribution in [2.45, 2.75) is 36.2 Å². The van der Waals surface area contributed by atoms with Crippen LogP contribution in [0.4, 0.5) is 0 Å². The van der Waals surface area contributed by atoms with E-state index in [1.165, 1.54) is 43.3 Å². The summed E-state index contributed by atoms with van der Waals surface area (Å²) in [5.74, 6) is -1.26. The molecule has 8 nitrogen and oxygen atoms in total. The summed E-state index contributed by atoms with van der Waals surface area (Å²) in [6, 6.07) is 19.2. The van der Waals surface area contributed by atoms with Crippen molar-refractivity contribution < 1.29 is 28.0 Å². The molecule has 0 unspecified atom stereocenters. The third-order valence-corrected chi connectivity index (χ3v) is 7.54. The van der Waals surface area contributed by atoms with Crippen molar-refractivity contribution in [1.82, 2.24) is 10.4 Å². The number of amides is 1. The van der Waals surface area contributed by atoms with Crippen LogP contribution in [0.3, 0.4) is 0 Å². The number of nitrogens with zero attached hydrogens (tertiary/aromatic N) is 1. The maximum atomic E-state index is 13.2. The Morgan fingerprint density at radius 3 is 2.34 bits per heavy atom. The first-order valence-corrected chi connectivity index (χ1v) is 13.6. The molecule has 0 aromatic heterocycles. The summed E-state index contributed by atoms with van der Waals surface area (Å²) in [4.78, 5) is 28.8. The van der Waals surface area contributed by atoms with Crippen LogP contribution in [-0.2, 0) is 25.9 Å². The van der Waals surface area contributed by atoms with Gasteiger partial charge in [0.05, 0.1) is 22.4 Å². The van der Waals surface area contributed by atoms with E-state index in [4.69, 9.17) is 16.4 Å². The van der Waals surface area contributed by atoms with Crippen LogP contribution in [0, 0.1) is 0 Å². The molecule has 1 amide bonds. The zero-order valence-corrected chi connectivity index (χ0v) is 23.4. The molecular weight excluding hydrogens is 551 g/mol. The van der Waals surface area contributed by atoms with Gasteiger partial charge in [0, 0.05) is 24.1 Å². The molecule has 1 atom stereocenters. The van der Waals surface area contributed by atoms with Crippen molar-refractivity contribution in [1.29, 1.82) is 0 Å². The topological polar surface area (TPSA) is 113 Å². The van der Waals surface area contributed by atoms with E-state index < -0.39 is 27.8 Å². The van der Waals surface area contributed by atoms with Crippen LogP contribution in [0.5, 0.6) is 0 Å². The fourth-order valence-electron chi connectivity index (χ4n) is 3.62. The average molecular weight is 582 g/mol. The van der Waals surface area contributed by atoms with E-state index in [0.29, 0.717) is 24.5 Å². The Bertz CT molecular complexity index is 1350. The number of hydrogen-bond acceptors (Lipinski definition) is 7. The first-order valence-electron chi connectivity index (χ1n) is 11.7. The van der Waals surface area contributed by atoms with E-state index in [0.717, 1.165) is 16.2 Å². The first kappa shape index (κ1) is 31.3. The Labute approximate surface area is 233 Å². The Hall–Kier alpha value is -2.95. The van der Waals surface area contributed by atoms with Crippen molar-refractivity contribution in [3.05, 3.63) is 94.5 Å². The van der Waals surface area contributed by atoms with Gasteiger partial charge in [-0.1, -0.05) is 41.9 Å². The van der Waals surface area contributed by atoms with Gasteiger partial charge in [-0.15, -0.1) is 12.4 Å². The van der Waals surface area contributed by atoms with Crippen molar-refractivity contribution >= 4 is 45.7 Å². The Kier molecular flexibility index (Phi) is 11.7. The van der Waals surface area contributed by atoms with E-state index in [9.17, 15) is 23.1 Å². The number of nitrogens with one attached hydrogen (secondary N) is 1. The van der Waals surface area contributed by atoms with Crippen molar-refractivity contribution in [2.75, 3.05) is 19.6 Å². The van der Waals surface area contributed by atoms with Gasteiger partial charge in [-0.25, -0.2) is 8.42 Å². The van der Waals surface area contributed by atoms with Crippen LogP contribution in [0.15, 0.2) is 82.6 Å². The summed E-state index contributed by atoms with van der Waals surface area (Å²) in [7, 11) is -3.88. The second-order valence-corrected chi connectivity index (χ2v) is 10.7. The van der Waals surface area contributed by atoms with Crippen molar-refractivity contribution in [2.24, 2.45) is 0 Å². The molecule has 0 aliphatic heterocycles. The number of benzene rings is 3. The van der Waals surface area contributed by atoms with Crippen LogP contribution >= 0.6 is 24.0 Å². The molecule has 0 heterocycles. The van der Waals surface area contributed by atoms with Gasteiger partial charge in [0.2, 0.25) is 9.84 Å². The van der Waals surface area contributed by atoms with Gasteiger partial charge in [0.15, 0.2) is 0 Å². The lowest BCUT2D eigenvalue weighted by Gasteiger charge is -2.18. The van der Waals surface area contributed by atoms with Gasteiger partial charge < -0.3 is 15.3 Å². The molecule has 0 saturated carbocycles. The third kappa shape index (κ3) is 8.28. The van der Waals surface area contributed by atoms with Gasteiger partial charge in [-0.05, 0) is 73.5 Å². The molecule has 2 N–H and O–H groups in total. The largest absolute Gasteiger partial charge is 0.387 e. The summed E-state index contributed by atoms with van der Waals surface area (Å²) in [5.41, 5.74) is 1.74. The second-order valence-electron chi connectivity index (χ2n) is 8.28. The van der Waals surface area contributed by atoms with E-state index in [2.05, 4.69) is 5.32 Å². The number of aliphatic hydroxyl groups is 1. The number of carbonyl (C=O) groups excluding carboxylic acids is 2. The molecule has 0 saturated heterocycles. The van der Waals surface area contributed by atoms with Crippen LogP contribution in [0.1, 0.15) is 41.4 Å². The smallest absolute Gasteiger partial charge is 0.329 e. The number of aliphatic hydroxyl groups excluding tert-OH is 1. The molecular formula is C27H30Cl2N2O6S. The normalized spacial score (nSPS) is 11.8. The molecule has 38 heavy (non-hydrogen) atoms. The number of hydroxylamine groups is 2. The number of halogens is 2. The molecule has 204 valence electrons. The second kappa shape index (κ2) is 14.3. The molecule has 3 aromatic rings. The molecule has 3 rings (SSSR count). The average Bonchev–Trinajstić information content (AvgIpc) is 2.89. The van der Waals surface area contributed by atoms with Crippen LogP contribution < -0.4 is 5.32 Å². The van der Waals surface area contributed by atoms with Crippen LogP contribution in [0.2, 0.25) is 5.02 Å². The highest BCUT2D eigenvalue weighted by Gasteiger charge is 2.22. The van der Waals surface area contributed by atoms with Crippen LogP contribution in [0.25, 0.3) is 0 Å². The molecule has 0 fully saturated rings. The molecule has 0 spiro atoms. The number of hydrogen-bond donors (Lipinski definition) is 2. The highest BCUT2D eigenvalue weighted by Crippen LogP contribution is 2.23. The maximum Gasteiger partial charge on any atom is 0.329 e. The summed E-state index contributed by atoms with van der Waals surface area (Å²) in [6.45, 7) is 3.88. The highest BCUT2D eigenvalue weighted by atomic mass is 35.5.